The number of halogens is 1. The van der Waals surface area contributed by atoms with Crippen LogP contribution < -0.4 is 5.43 Å². The molecule has 0 spiro atoms. The van der Waals surface area contributed by atoms with Gasteiger partial charge in [-0.15, -0.1) is 0 Å². The number of amides is 1. The number of nitrogens with one attached hydrogen (secondary N) is 1. The van der Waals surface area contributed by atoms with E-state index in [1.807, 2.05) is 13.8 Å². The molecule has 0 bridgehead atoms. The lowest BCUT2D eigenvalue weighted by Gasteiger charge is -2.02. The predicted molar refractivity (Wildman–Crippen MR) is 85.3 cm³/mol. The first kappa shape index (κ1) is 16.2. The zero-order valence-corrected chi connectivity index (χ0v) is 13.1. The summed E-state index contributed by atoms with van der Waals surface area (Å²) in [7, 11) is 0. The van der Waals surface area contributed by atoms with Crippen LogP contribution in [-0.2, 0) is 6.54 Å². The van der Waals surface area contributed by atoms with Gasteiger partial charge in [-0.3, -0.25) is 9.48 Å². The number of aryl methyl sites for hydroxylation is 1. The van der Waals surface area contributed by atoms with Crippen molar-refractivity contribution >= 4 is 23.7 Å². The summed E-state index contributed by atoms with van der Waals surface area (Å²) >= 11 is 5.95. The van der Waals surface area contributed by atoms with Gasteiger partial charge in [0, 0.05) is 11.3 Å². The Hall–Kier alpha value is -2.18. The van der Waals surface area contributed by atoms with Crippen molar-refractivity contribution in [1.82, 2.24) is 15.2 Å². The molecule has 0 saturated carbocycles. The van der Waals surface area contributed by atoms with E-state index in [-0.39, 0.29) is 12.5 Å². The van der Waals surface area contributed by atoms with Crippen molar-refractivity contribution in [1.29, 1.82) is 0 Å². The number of nitrogens with zero attached hydrogens (tertiary/aromatic N) is 3. The largest absolute Gasteiger partial charge is 0.394 e. The minimum absolute atomic E-state index is 0.0157. The highest BCUT2D eigenvalue weighted by atomic mass is 35.5. The number of aromatic nitrogens is 2. The van der Waals surface area contributed by atoms with Crippen molar-refractivity contribution in [2.75, 3.05) is 6.61 Å². The predicted octanol–water partition coefficient (Wildman–Crippen LogP) is 1.91. The maximum Gasteiger partial charge on any atom is 0.272 e. The Bertz CT molecular complexity index is 710. The van der Waals surface area contributed by atoms with E-state index in [1.165, 1.54) is 0 Å². The molecule has 1 aromatic carbocycles. The molecular formula is C15H17ClN4O2. The van der Waals surface area contributed by atoms with E-state index >= 15 is 0 Å². The number of aliphatic hydroxyl groups is 1. The van der Waals surface area contributed by atoms with Gasteiger partial charge in [-0.1, -0.05) is 23.7 Å². The number of rotatable bonds is 5. The maximum absolute atomic E-state index is 12.0. The molecule has 7 heteroatoms. The average Bonchev–Trinajstić information content (AvgIpc) is 2.75. The molecule has 0 aliphatic carbocycles. The van der Waals surface area contributed by atoms with E-state index in [4.69, 9.17) is 16.7 Å². The fraction of sp³-hybridized carbons (Fsp3) is 0.267. The normalized spacial score (nSPS) is 11.1. The Morgan fingerprint density at radius 1 is 1.45 bits per heavy atom. The van der Waals surface area contributed by atoms with E-state index in [0.717, 1.165) is 17.0 Å². The van der Waals surface area contributed by atoms with Crippen LogP contribution in [0, 0.1) is 13.8 Å². The summed E-state index contributed by atoms with van der Waals surface area (Å²) in [6.45, 7) is 4.17. The number of hydrazone groups is 1. The number of carbonyl (C=O) groups excluding carboxylic acids is 1. The van der Waals surface area contributed by atoms with Crippen molar-refractivity contribution in [3.8, 4) is 0 Å². The zero-order valence-electron chi connectivity index (χ0n) is 12.4. The maximum atomic E-state index is 12.0. The van der Waals surface area contributed by atoms with Crippen molar-refractivity contribution in [2.45, 2.75) is 20.4 Å². The Kier molecular flexibility index (Phi) is 5.30. The van der Waals surface area contributed by atoms with E-state index in [1.54, 1.807) is 35.2 Å². The van der Waals surface area contributed by atoms with E-state index in [0.29, 0.717) is 17.1 Å². The standard InChI is InChI=1S/C15H17ClN4O2/c1-10-13(11(2)20(19-10)7-8-21)9-17-18-15(22)12-5-3-4-6-14(12)16/h3-6,9,21H,7-8H2,1-2H3,(H,18,22)/b17-9+. The van der Waals surface area contributed by atoms with Crippen LogP contribution >= 0.6 is 11.6 Å². The highest BCUT2D eigenvalue weighted by Gasteiger charge is 2.10. The van der Waals surface area contributed by atoms with Gasteiger partial charge in [-0.05, 0) is 26.0 Å². The summed E-state index contributed by atoms with van der Waals surface area (Å²) < 4.78 is 1.70. The molecule has 0 aliphatic rings. The van der Waals surface area contributed by atoms with Crippen LogP contribution in [-0.4, -0.2) is 33.6 Å². The Labute approximate surface area is 133 Å². The van der Waals surface area contributed by atoms with Crippen LogP contribution in [0.2, 0.25) is 5.02 Å². The first-order chi connectivity index (χ1) is 10.5. The molecule has 1 amide bonds. The van der Waals surface area contributed by atoms with Gasteiger partial charge in [-0.2, -0.15) is 10.2 Å². The van der Waals surface area contributed by atoms with Gasteiger partial charge < -0.3 is 5.11 Å². The smallest absolute Gasteiger partial charge is 0.272 e. The fourth-order valence-corrected chi connectivity index (χ4v) is 2.29. The molecule has 0 saturated heterocycles. The third kappa shape index (κ3) is 3.52. The lowest BCUT2D eigenvalue weighted by molar-refractivity contribution is 0.0955. The number of aliphatic hydroxyl groups excluding tert-OH is 1. The van der Waals surface area contributed by atoms with Crippen LogP contribution in [0.5, 0.6) is 0 Å². The van der Waals surface area contributed by atoms with Crippen molar-refractivity contribution in [3.05, 3.63) is 51.8 Å². The van der Waals surface area contributed by atoms with Crippen molar-refractivity contribution in [2.24, 2.45) is 5.10 Å². The summed E-state index contributed by atoms with van der Waals surface area (Å²) in [5.41, 5.74) is 5.28. The van der Waals surface area contributed by atoms with Gasteiger partial charge in [-0.25, -0.2) is 5.43 Å². The quantitative estimate of drug-likeness (QED) is 0.652. The van der Waals surface area contributed by atoms with Gasteiger partial charge in [0.15, 0.2) is 0 Å². The Balaban J connectivity index is 2.10. The molecule has 1 heterocycles. The first-order valence-electron chi connectivity index (χ1n) is 6.77. The SMILES string of the molecule is Cc1nn(CCO)c(C)c1/C=N/NC(=O)c1ccccc1Cl. The molecule has 0 unspecified atom stereocenters. The second-order valence-electron chi connectivity index (χ2n) is 4.71. The van der Waals surface area contributed by atoms with Gasteiger partial charge in [0.1, 0.15) is 0 Å². The number of hydrogen-bond acceptors (Lipinski definition) is 4. The highest BCUT2D eigenvalue weighted by Crippen LogP contribution is 2.14. The molecule has 0 fully saturated rings. The molecule has 2 N–H and O–H groups in total. The van der Waals surface area contributed by atoms with Crippen LogP contribution in [0.4, 0.5) is 0 Å². The summed E-state index contributed by atoms with van der Waals surface area (Å²) in [4.78, 5) is 12.0. The second kappa shape index (κ2) is 7.20. The Morgan fingerprint density at radius 3 is 2.86 bits per heavy atom. The molecule has 6 nitrogen and oxygen atoms in total. The van der Waals surface area contributed by atoms with Gasteiger partial charge >= 0.3 is 0 Å². The summed E-state index contributed by atoms with van der Waals surface area (Å²) in [5.74, 6) is -0.375. The molecule has 116 valence electrons. The number of carbonyl (C=O) groups is 1. The minimum atomic E-state index is -0.375. The molecular weight excluding hydrogens is 304 g/mol. The molecule has 2 rings (SSSR count). The molecule has 0 atom stereocenters. The Morgan fingerprint density at radius 2 is 2.18 bits per heavy atom. The third-order valence-corrected chi connectivity index (χ3v) is 3.56. The van der Waals surface area contributed by atoms with E-state index in [9.17, 15) is 4.79 Å². The van der Waals surface area contributed by atoms with Crippen LogP contribution in [0.1, 0.15) is 27.3 Å². The molecule has 2 aromatic rings. The summed E-state index contributed by atoms with van der Waals surface area (Å²) in [6, 6.07) is 6.76. The zero-order chi connectivity index (χ0) is 16.1. The average molecular weight is 321 g/mol. The molecule has 22 heavy (non-hydrogen) atoms. The topological polar surface area (TPSA) is 79.5 Å². The first-order valence-corrected chi connectivity index (χ1v) is 7.15. The van der Waals surface area contributed by atoms with Crippen LogP contribution in [0.15, 0.2) is 29.4 Å². The molecule has 0 radical (unpaired) electrons. The lowest BCUT2D eigenvalue weighted by Crippen LogP contribution is -2.18. The molecule has 1 aromatic heterocycles. The minimum Gasteiger partial charge on any atom is -0.394 e. The van der Waals surface area contributed by atoms with E-state index in [2.05, 4.69) is 15.6 Å². The fourth-order valence-electron chi connectivity index (χ4n) is 2.07. The third-order valence-electron chi connectivity index (χ3n) is 3.23. The van der Waals surface area contributed by atoms with Gasteiger partial charge in [0.2, 0.25) is 0 Å². The number of hydrogen-bond donors (Lipinski definition) is 2. The van der Waals surface area contributed by atoms with Crippen LogP contribution in [0.25, 0.3) is 0 Å². The van der Waals surface area contributed by atoms with Gasteiger partial charge in [0.05, 0.1) is 35.6 Å². The van der Waals surface area contributed by atoms with E-state index < -0.39 is 0 Å². The summed E-state index contributed by atoms with van der Waals surface area (Å²) in [6.07, 6.45) is 1.54. The second-order valence-corrected chi connectivity index (χ2v) is 5.12. The number of benzene rings is 1. The molecule has 0 aliphatic heterocycles. The highest BCUT2D eigenvalue weighted by molar-refractivity contribution is 6.33. The lowest BCUT2D eigenvalue weighted by atomic mass is 10.2. The van der Waals surface area contributed by atoms with Gasteiger partial charge in [0.25, 0.3) is 5.91 Å². The van der Waals surface area contributed by atoms with Crippen LogP contribution in [0.3, 0.4) is 0 Å². The van der Waals surface area contributed by atoms with Crippen molar-refractivity contribution < 1.29 is 9.90 Å². The summed E-state index contributed by atoms with van der Waals surface area (Å²) in [5, 5.41) is 17.6. The van der Waals surface area contributed by atoms with Crippen molar-refractivity contribution in [3.63, 3.8) is 0 Å². The monoisotopic (exact) mass is 320 g/mol.